The highest BCUT2D eigenvalue weighted by Gasteiger charge is 2.23. The Morgan fingerprint density at radius 3 is 2.42 bits per heavy atom. The van der Waals surface area contributed by atoms with Gasteiger partial charge in [-0.3, -0.25) is 19.4 Å². The van der Waals surface area contributed by atoms with E-state index >= 15 is 0 Å². The van der Waals surface area contributed by atoms with Gasteiger partial charge in [0.25, 0.3) is 5.91 Å². The Labute approximate surface area is 213 Å². The third-order valence-corrected chi connectivity index (χ3v) is 6.58. The number of nitrogens with one attached hydrogen (secondary N) is 2. The van der Waals surface area contributed by atoms with E-state index in [9.17, 15) is 9.59 Å². The lowest BCUT2D eigenvalue weighted by Crippen LogP contribution is -2.46. The number of hydrogen-bond donors (Lipinski definition) is 2. The maximum atomic E-state index is 13.3. The first kappa shape index (κ1) is 26.1. The predicted molar refractivity (Wildman–Crippen MR) is 140 cm³/mol. The van der Waals surface area contributed by atoms with Gasteiger partial charge < -0.3 is 25.0 Å². The summed E-state index contributed by atoms with van der Waals surface area (Å²) < 4.78 is 10.3. The van der Waals surface area contributed by atoms with E-state index in [-0.39, 0.29) is 18.4 Å². The Morgan fingerprint density at radius 1 is 0.944 bits per heavy atom. The molecule has 0 unspecified atom stereocenters. The predicted octanol–water partition coefficient (Wildman–Crippen LogP) is 1.66. The van der Waals surface area contributed by atoms with Gasteiger partial charge in [-0.05, 0) is 23.8 Å². The topological polar surface area (TPSA) is 86.4 Å². The smallest absolute Gasteiger partial charge is 0.253 e. The number of ether oxygens (including phenoxy) is 2. The van der Waals surface area contributed by atoms with E-state index in [4.69, 9.17) is 9.47 Å². The van der Waals surface area contributed by atoms with Crippen LogP contribution in [0.3, 0.4) is 0 Å². The van der Waals surface area contributed by atoms with E-state index in [1.807, 2.05) is 18.2 Å². The first-order valence-corrected chi connectivity index (χ1v) is 12.6. The number of rotatable bonds is 10. The average Bonchev–Trinajstić information content (AvgIpc) is 2.90. The molecule has 2 aliphatic rings. The molecule has 2 N–H and O–H groups in total. The minimum absolute atomic E-state index is 0.0355. The van der Waals surface area contributed by atoms with Crippen LogP contribution in [0.5, 0.6) is 0 Å². The number of morpholine rings is 1. The largest absolute Gasteiger partial charge is 0.379 e. The van der Waals surface area contributed by atoms with Crippen LogP contribution in [-0.2, 0) is 20.8 Å². The Hall–Kier alpha value is -2.98. The summed E-state index contributed by atoms with van der Waals surface area (Å²) in [6, 6.07) is 16.0. The third kappa shape index (κ3) is 7.51. The highest BCUT2D eigenvalue weighted by Crippen LogP contribution is 2.26. The molecule has 2 aliphatic heterocycles. The molecule has 194 valence electrons. The second kappa shape index (κ2) is 13.4. The van der Waals surface area contributed by atoms with Crippen molar-refractivity contribution < 1.29 is 19.1 Å². The van der Waals surface area contributed by atoms with E-state index in [1.54, 1.807) is 6.07 Å². The van der Waals surface area contributed by atoms with Crippen molar-refractivity contribution in [3.63, 3.8) is 0 Å². The number of amides is 2. The molecule has 2 amide bonds. The Balaban J connectivity index is 1.41. The molecule has 2 aromatic carbocycles. The maximum absolute atomic E-state index is 13.3. The number of methoxy groups -OCH3 is 1. The first-order valence-electron chi connectivity index (χ1n) is 12.6. The second-order valence-corrected chi connectivity index (χ2v) is 9.17. The summed E-state index contributed by atoms with van der Waals surface area (Å²) in [5, 5.41) is 5.89. The fraction of sp³-hybridized carbons (Fsp3) is 0.481. The van der Waals surface area contributed by atoms with Crippen molar-refractivity contribution in [2.24, 2.45) is 0 Å². The molecular weight excluding hydrogens is 458 g/mol. The van der Waals surface area contributed by atoms with Crippen LogP contribution in [0.15, 0.2) is 48.5 Å². The first-order chi connectivity index (χ1) is 17.6. The van der Waals surface area contributed by atoms with E-state index < -0.39 is 0 Å². The summed E-state index contributed by atoms with van der Waals surface area (Å²) in [4.78, 5) is 32.3. The van der Waals surface area contributed by atoms with Crippen LogP contribution in [0, 0.1) is 0 Å². The van der Waals surface area contributed by atoms with Crippen LogP contribution in [0.1, 0.15) is 15.9 Å². The monoisotopic (exact) mass is 495 g/mol. The summed E-state index contributed by atoms with van der Waals surface area (Å²) in [5.41, 5.74) is 3.36. The molecule has 9 nitrogen and oxygen atoms in total. The van der Waals surface area contributed by atoms with Crippen molar-refractivity contribution in [1.82, 2.24) is 15.1 Å². The van der Waals surface area contributed by atoms with Gasteiger partial charge in [-0.25, -0.2) is 0 Å². The van der Waals surface area contributed by atoms with Gasteiger partial charge in [0.2, 0.25) is 5.91 Å². The van der Waals surface area contributed by atoms with Gasteiger partial charge in [-0.1, -0.05) is 30.3 Å². The molecule has 36 heavy (non-hydrogen) atoms. The third-order valence-electron chi connectivity index (χ3n) is 6.58. The van der Waals surface area contributed by atoms with Crippen LogP contribution in [0.25, 0.3) is 0 Å². The molecule has 9 heteroatoms. The van der Waals surface area contributed by atoms with Crippen molar-refractivity contribution in [3.8, 4) is 0 Å². The molecule has 0 spiro atoms. The molecule has 0 aromatic heterocycles. The minimum Gasteiger partial charge on any atom is -0.379 e. The molecule has 0 bridgehead atoms. The summed E-state index contributed by atoms with van der Waals surface area (Å²) >= 11 is 0. The SMILES string of the molecule is COCC(=O)Nc1ccc(N2CCN(Cc3ccccc3)CC2)c(C(=O)NCCN2CCOCC2)c1. The van der Waals surface area contributed by atoms with E-state index in [2.05, 4.69) is 49.6 Å². The van der Waals surface area contributed by atoms with E-state index in [1.165, 1.54) is 12.7 Å². The van der Waals surface area contributed by atoms with Crippen LogP contribution < -0.4 is 15.5 Å². The van der Waals surface area contributed by atoms with Gasteiger partial charge in [0.05, 0.1) is 18.8 Å². The van der Waals surface area contributed by atoms with Crippen LogP contribution in [-0.4, -0.2) is 101 Å². The van der Waals surface area contributed by atoms with Gasteiger partial charge in [0.1, 0.15) is 6.61 Å². The van der Waals surface area contributed by atoms with Gasteiger partial charge in [0, 0.05) is 77.4 Å². The Bertz CT molecular complexity index is 989. The standard InChI is InChI=1S/C27H37N5O4/c1-35-21-26(33)29-23-7-8-25(24(19-23)27(34)28-9-10-30-15-17-36-18-16-30)32-13-11-31(12-14-32)20-22-5-3-2-4-6-22/h2-8,19H,9-18,20-21H2,1H3,(H,28,34)(H,29,33). The normalized spacial score (nSPS) is 17.1. The molecule has 2 fully saturated rings. The second-order valence-electron chi connectivity index (χ2n) is 9.17. The Kier molecular flexibility index (Phi) is 9.68. The van der Waals surface area contributed by atoms with E-state index in [0.29, 0.717) is 17.8 Å². The summed E-state index contributed by atoms with van der Waals surface area (Å²) in [7, 11) is 1.48. The zero-order valence-electron chi connectivity index (χ0n) is 21.1. The number of anilines is 2. The molecule has 0 radical (unpaired) electrons. The lowest BCUT2D eigenvalue weighted by molar-refractivity contribution is -0.119. The number of carbonyl (C=O) groups is 2. The molecular formula is C27H37N5O4. The van der Waals surface area contributed by atoms with Crippen molar-refractivity contribution in [2.45, 2.75) is 6.54 Å². The van der Waals surface area contributed by atoms with Crippen LogP contribution >= 0.6 is 0 Å². The summed E-state index contributed by atoms with van der Waals surface area (Å²) in [5.74, 6) is -0.383. The fourth-order valence-electron chi connectivity index (χ4n) is 4.64. The number of nitrogens with zero attached hydrogens (tertiary/aromatic N) is 3. The van der Waals surface area contributed by atoms with Crippen LogP contribution in [0.4, 0.5) is 11.4 Å². The molecule has 2 aromatic rings. The van der Waals surface area contributed by atoms with Crippen molar-refractivity contribution in [1.29, 1.82) is 0 Å². The average molecular weight is 496 g/mol. The zero-order valence-corrected chi connectivity index (χ0v) is 21.1. The number of piperazine rings is 1. The summed E-state index contributed by atoms with van der Waals surface area (Å²) in [6.45, 7) is 8.96. The van der Waals surface area contributed by atoms with Crippen molar-refractivity contribution >= 4 is 23.2 Å². The Morgan fingerprint density at radius 2 is 1.69 bits per heavy atom. The molecule has 4 rings (SSSR count). The molecule has 0 atom stereocenters. The highest BCUT2D eigenvalue weighted by molar-refractivity contribution is 6.02. The minimum atomic E-state index is -0.251. The summed E-state index contributed by atoms with van der Waals surface area (Å²) in [6.07, 6.45) is 0. The van der Waals surface area contributed by atoms with Gasteiger partial charge >= 0.3 is 0 Å². The quantitative estimate of drug-likeness (QED) is 0.519. The van der Waals surface area contributed by atoms with Crippen molar-refractivity contribution in [2.75, 3.05) is 89.5 Å². The number of carbonyl (C=O) groups excluding carboxylic acids is 2. The fourth-order valence-corrected chi connectivity index (χ4v) is 4.64. The van der Waals surface area contributed by atoms with Crippen molar-refractivity contribution in [3.05, 3.63) is 59.7 Å². The van der Waals surface area contributed by atoms with Gasteiger partial charge in [-0.15, -0.1) is 0 Å². The maximum Gasteiger partial charge on any atom is 0.253 e. The highest BCUT2D eigenvalue weighted by atomic mass is 16.5. The van der Waals surface area contributed by atoms with Gasteiger partial charge in [0.15, 0.2) is 0 Å². The molecule has 2 saturated heterocycles. The lowest BCUT2D eigenvalue weighted by atomic mass is 10.1. The van der Waals surface area contributed by atoms with E-state index in [0.717, 1.165) is 71.3 Å². The molecule has 0 aliphatic carbocycles. The van der Waals surface area contributed by atoms with Crippen LogP contribution in [0.2, 0.25) is 0 Å². The lowest BCUT2D eigenvalue weighted by Gasteiger charge is -2.37. The molecule has 0 saturated carbocycles. The van der Waals surface area contributed by atoms with Gasteiger partial charge in [-0.2, -0.15) is 0 Å². The zero-order chi connectivity index (χ0) is 25.2. The number of benzene rings is 2. The number of hydrogen-bond acceptors (Lipinski definition) is 7. The molecule has 2 heterocycles.